The van der Waals surface area contributed by atoms with Gasteiger partial charge in [0, 0.05) is 15.6 Å². The number of benzene rings is 1. The molecular weight excluding hydrogens is 325 g/mol. The van der Waals surface area contributed by atoms with E-state index < -0.39 is 4.92 Å². The van der Waals surface area contributed by atoms with Gasteiger partial charge < -0.3 is 4.74 Å². The fourth-order valence-corrected chi connectivity index (χ4v) is 1.78. The number of nitro groups is 1. The van der Waals surface area contributed by atoms with Crippen LogP contribution < -0.4 is 4.74 Å². The van der Waals surface area contributed by atoms with Crippen LogP contribution in [0.15, 0.2) is 28.2 Å². The molecule has 0 fully saturated rings. The fourth-order valence-electron chi connectivity index (χ4n) is 1.28. The minimum atomic E-state index is -0.622. The topological polar surface area (TPSA) is 69.4 Å². The second-order valence-electron chi connectivity index (χ2n) is 3.42. The van der Waals surface area contributed by atoms with E-state index >= 15 is 0 Å². The lowest BCUT2D eigenvalue weighted by molar-refractivity contribution is -0.385. The number of carbonyl (C=O) groups excluding carboxylic acids is 1. The Morgan fingerprint density at radius 3 is 2.67 bits per heavy atom. The molecule has 0 aliphatic carbocycles. The summed E-state index contributed by atoms with van der Waals surface area (Å²) in [7, 11) is 0. The third-order valence-electron chi connectivity index (χ3n) is 1.98. The number of ether oxygens (including phenoxy) is 1. The first-order valence-corrected chi connectivity index (χ1v) is 5.95. The second-order valence-corrected chi connectivity index (χ2v) is 4.87. The van der Waals surface area contributed by atoms with Crippen molar-refractivity contribution >= 4 is 39.0 Å². The third kappa shape index (κ3) is 3.54. The summed E-state index contributed by atoms with van der Waals surface area (Å²) < 4.78 is 5.62. The van der Waals surface area contributed by atoms with Crippen LogP contribution in [0.25, 0.3) is 0 Å². The number of Topliss-reactive ketones (excluding diaryl/α,β-unsaturated/α-hetero) is 1. The quantitative estimate of drug-likeness (QED) is 0.468. The molecule has 0 aromatic heterocycles. The number of ketones is 1. The minimum absolute atomic E-state index is 0.0995. The SMILES string of the molecule is C=C(Cl)COc1c(C(C)=O)cc(Br)cc1[N+](=O)[O-]. The highest BCUT2D eigenvalue weighted by atomic mass is 79.9. The summed E-state index contributed by atoms with van der Waals surface area (Å²) in [5.41, 5.74) is -0.179. The molecule has 0 spiro atoms. The molecular formula is C11H9BrClNO4. The van der Waals surface area contributed by atoms with Crippen LogP contribution >= 0.6 is 27.5 Å². The Labute approximate surface area is 117 Å². The van der Waals surface area contributed by atoms with Crippen LogP contribution in [0, 0.1) is 10.1 Å². The van der Waals surface area contributed by atoms with E-state index in [1.165, 1.54) is 19.1 Å². The molecule has 0 radical (unpaired) electrons. The summed E-state index contributed by atoms with van der Waals surface area (Å²) in [5.74, 6) is -0.438. The van der Waals surface area contributed by atoms with Gasteiger partial charge in [-0.1, -0.05) is 34.1 Å². The second kappa shape index (κ2) is 5.97. The minimum Gasteiger partial charge on any atom is -0.481 e. The summed E-state index contributed by atoms with van der Waals surface area (Å²) in [4.78, 5) is 21.8. The molecule has 1 rings (SSSR count). The molecule has 0 aliphatic heterocycles. The number of nitrogens with zero attached hydrogens (tertiary/aromatic N) is 1. The molecule has 0 amide bonds. The van der Waals surface area contributed by atoms with Crippen LogP contribution in [-0.2, 0) is 0 Å². The fraction of sp³-hybridized carbons (Fsp3) is 0.182. The Morgan fingerprint density at radius 2 is 2.22 bits per heavy atom. The van der Waals surface area contributed by atoms with Crippen LogP contribution in [0.1, 0.15) is 17.3 Å². The van der Waals surface area contributed by atoms with E-state index in [4.69, 9.17) is 16.3 Å². The molecule has 18 heavy (non-hydrogen) atoms. The highest BCUT2D eigenvalue weighted by Gasteiger charge is 2.23. The molecule has 1 aromatic rings. The van der Waals surface area contributed by atoms with Crippen molar-refractivity contribution in [3.63, 3.8) is 0 Å². The van der Waals surface area contributed by atoms with E-state index in [1.54, 1.807) is 0 Å². The number of hydrogen-bond donors (Lipinski definition) is 0. The van der Waals surface area contributed by atoms with E-state index in [0.717, 1.165) is 0 Å². The van der Waals surface area contributed by atoms with Crippen molar-refractivity contribution in [2.24, 2.45) is 0 Å². The first-order chi connectivity index (χ1) is 8.32. The van der Waals surface area contributed by atoms with Crippen LogP contribution in [0.5, 0.6) is 5.75 Å². The van der Waals surface area contributed by atoms with Gasteiger partial charge in [0.15, 0.2) is 5.78 Å². The third-order valence-corrected chi connectivity index (χ3v) is 2.55. The Bertz CT molecular complexity index is 495. The summed E-state index contributed by atoms with van der Waals surface area (Å²) >= 11 is 8.65. The summed E-state index contributed by atoms with van der Waals surface area (Å²) in [6.07, 6.45) is 0. The molecule has 0 N–H and O–H groups in total. The maximum absolute atomic E-state index is 11.5. The van der Waals surface area contributed by atoms with E-state index in [9.17, 15) is 14.9 Å². The van der Waals surface area contributed by atoms with Gasteiger partial charge in [-0.25, -0.2) is 0 Å². The molecule has 0 bridgehead atoms. The van der Waals surface area contributed by atoms with Crippen LogP contribution in [-0.4, -0.2) is 17.3 Å². The number of carbonyl (C=O) groups is 1. The van der Waals surface area contributed by atoms with Gasteiger partial charge in [0.2, 0.25) is 5.75 Å². The van der Waals surface area contributed by atoms with Gasteiger partial charge in [-0.2, -0.15) is 0 Å². The molecule has 96 valence electrons. The molecule has 0 saturated heterocycles. The predicted molar refractivity (Wildman–Crippen MR) is 71.3 cm³/mol. The van der Waals surface area contributed by atoms with E-state index in [1.807, 2.05) is 0 Å². The summed E-state index contributed by atoms with van der Waals surface area (Å²) in [6.45, 7) is 4.61. The average molecular weight is 335 g/mol. The Balaban J connectivity index is 3.36. The maximum atomic E-state index is 11.5. The molecule has 0 atom stereocenters. The van der Waals surface area contributed by atoms with E-state index in [-0.39, 0.29) is 34.4 Å². The number of nitro benzene ring substituents is 1. The zero-order valence-electron chi connectivity index (χ0n) is 9.41. The van der Waals surface area contributed by atoms with Crippen molar-refractivity contribution in [2.75, 3.05) is 6.61 Å². The van der Waals surface area contributed by atoms with Gasteiger partial charge in [0.25, 0.3) is 0 Å². The molecule has 0 saturated carbocycles. The van der Waals surface area contributed by atoms with Gasteiger partial charge in [-0.15, -0.1) is 0 Å². The van der Waals surface area contributed by atoms with Crippen LogP contribution in [0.3, 0.4) is 0 Å². The standard InChI is InChI=1S/C11H9BrClNO4/c1-6(13)5-18-11-9(7(2)15)3-8(12)4-10(11)14(16)17/h3-4H,1,5H2,2H3. The predicted octanol–water partition coefficient (Wildman–Crippen LogP) is 3.69. The lowest BCUT2D eigenvalue weighted by Crippen LogP contribution is -2.06. The maximum Gasteiger partial charge on any atom is 0.312 e. The van der Waals surface area contributed by atoms with E-state index in [2.05, 4.69) is 22.5 Å². The highest BCUT2D eigenvalue weighted by Crippen LogP contribution is 2.35. The van der Waals surface area contributed by atoms with Gasteiger partial charge in [0.05, 0.1) is 10.5 Å². The normalized spacial score (nSPS) is 9.94. The highest BCUT2D eigenvalue weighted by molar-refractivity contribution is 9.10. The Kier molecular flexibility index (Phi) is 4.86. The van der Waals surface area contributed by atoms with Crippen LogP contribution in [0.2, 0.25) is 0 Å². The molecule has 7 heteroatoms. The monoisotopic (exact) mass is 333 g/mol. The van der Waals surface area contributed by atoms with Crippen molar-refractivity contribution in [1.82, 2.24) is 0 Å². The zero-order valence-corrected chi connectivity index (χ0v) is 11.7. The molecule has 1 aromatic carbocycles. The van der Waals surface area contributed by atoms with Crippen LogP contribution in [0.4, 0.5) is 5.69 Å². The van der Waals surface area contributed by atoms with Crippen molar-refractivity contribution in [3.05, 3.63) is 43.9 Å². The first-order valence-electron chi connectivity index (χ1n) is 4.78. The van der Waals surface area contributed by atoms with Crippen molar-refractivity contribution in [2.45, 2.75) is 6.92 Å². The van der Waals surface area contributed by atoms with Gasteiger partial charge >= 0.3 is 5.69 Å². The average Bonchev–Trinajstić information content (AvgIpc) is 2.25. The molecule has 0 heterocycles. The van der Waals surface area contributed by atoms with Crippen molar-refractivity contribution in [3.8, 4) is 5.75 Å². The van der Waals surface area contributed by atoms with Crippen molar-refractivity contribution < 1.29 is 14.5 Å². The largest absolute Gasteiger partial charge is 0.481 e. The zero-order chi connectivity index (χ0) is 13.9. The lowest BCUT2D eigenvalue weighted by Gasteiger charge is -2.10. The van der Waals surface area contributed by atoms with Gasteiger partial charge in [-0.05, 0) is 13.0 Å². The molecule has 0 unspecified atom stereocenters. The Hall–Kier alpha value is -1.40. The van der Waals surface area contributed by atoms with Crippen molar-refractivity contribution in [1.29, 1.82) is 0 Å². The van der Waals surface area contributed by atoms with E-state index in [0.29, 0.717) is 4.47 Å². The number of rotatable bonds is 5. The lowest BCUT2D eigenvalue weighted by atomic mass is 10.1. The summed E-state index contributed by atoms with van der Waals surface area (Å²) in [5, 5.41) is 11.1. The molecule has 5 nitrogen and oxygen atoms in total. The number of halogens is 2. The van der Waals surface area contributed by atoms with Gasteiger partial charge in [0.1, 0.15) is 6.61 Å². The molecule has 0 aliphatic rings. The first kappa shape index (κ1) is 14.7. The number of hydrogen-bond acceptors (Lipinski definition) is 4. The Morgan fingerprint density at radius 1 is 1.61 bits per heavy atom. The smallest absolute Gasteiger partial charge is 0.312 e. The van der Waals surface area contributed by atoms with Gasteiger partial charge in [-0.3, -0.25) is 14.9 Å². The summed E-state index contributed by atoms with van der Waals surface area (Å²) in [6, 6.07) is 2.72.